The molecule has 0 unspecified atom stereocenters. The van der Waals surface area contributed by atoms with Gasteiger partial charge in [-0.05, 0) is 12.1 Å². The highest BCUT2D eigenvalue weighted by Gasteiger charge is 2.16. The van der Waals surface area contributed by atoms with Crippen molar-refractivity contribution in [3.8, 4) is 22.8 Å². The van der Waals surface area contributed by atoms with E-state index in [9.17, 15) is 0 Å². The van der Waals surface area contributed by atoms with Crippen LogP contribution in [0.3, 0.4) is 0 Å². The van der Waals surface area contributed by atoms with Gasteiger partial charge < -0.3 is 24.4 Å². The van der Waals surface area contributed by atoms with Gasteiger partial charge in [0.25, 0.3) is 0 Å². The number of methoxy groups -OCH3 is 2. The van der Waals surface area contributed by atoms with Crippen molar-refractivity contribution < 1.29 is 14.2 Å². The number of hydrogen-bond acceptors (Lipinski definition) is 7. The summed E-state index contributed by atoms with van der Waals surface area (Å²) in [7, 11) is 3.27. The average molecular weight is 392 g/mol. The molecular weight excluding hydrogens is 368 g/mol. The zero-order valence-corrected chi connectivity index (χ0v) is 16.6. The quantitative estimate of drug-likeness (QED) is 0.685. The van der Waals surface area contributed by atoms with E-state index in [1.807, 2.05) is 54.6 Å². The molecule has 0 atom stereocenters. The molecule has 29 heavy (non-hydrogen) atoms. The number of ether oxygens (including phenoxy) is 3. The van der Waals surface area contributed by atoms with E-state index in [4.69, 9.17) is 24.2 Å². The SMILES string of the molecule is COc1ccc(OC)c(Nc2nc(-c3ccccc3)cc(N3CCOCC3)n2)c1. The molecule has 0 aliphatic carbocycles. The number of nitrogens with zero attached hydrogens (tertiary/aromatic N) is 3. The van der Waals surface area contributed by atoms with E-state index in [0.717, 1.165) is 41.6 Å². The maximum Gasteiger partial charge on any atom is 0.229 e. The minimum atomic E-state index is 0.499. The van der Waals surface area contributed by atoms with Crippen molar-refractivity contribution in [2.24, 2.45) is 0 Å². The second kappa shape index (κ2) is 8.79. The smallest absolute Gasteiger partial charge is 0.229 e. The summed E-state index contributed by atoms with van der Waals surface area (Å²) in [5.41, 5.74) is 2.63. The number of aromatic nitrogens is 2. The first-order valence-corrected chi connectivity index (χ1v) is 9.53. The molecule has 1 aliphatic heterocycles. The fourth-order valence-electron chi connectivity index (χ4n) is 3.23. The Balaban J connectivity index is 1.74. The van der Waals surface area contributed by atoms with E-state index in [2.05, 4.69) is 10.2 Å². The summed E-state index contributed by atoms with van der Waals surface area (Å²) in [4.78, 5) is 11.7. The van der Waals surface area contributed by atoms with Gasteiger partial charge in [0, 0.05) is 30.8 Å². The molecule has 1 saturated heterocycles. The Labute approximate surface area is 170 Å². The second-order valence-electron chi connectivity index (χ2n) is 6.59. The van der Waals surface area contributed by atoms with E-state index < -0.39 is 0 Å². The molecule has 1 aromatic heterocycles. The van der Waals surface area contributed by atoms with Crippen LogP contribution in [0.5, 0.6) is 11.5 Å². The average Bonchev–Trinajstić information content (AvgIpc) is 2.80. The minimum absolute atomic E-state index is 0.499. The lowest BCUT2D eigenvalue weighted by Crippen LogP contribution is -2.36. The molecular formula is C22H24N4O3. The van der Waals surface area contributed by atoms with Crippen LogP contribution < -0.4 is 19.7 Å². The van der Waals surface area contributed by atoms with Crippen molar-refractivity contribution >= 4 is 17.5 Å². The molecule has 0 amide bonds. The Kier molecular flexibility index (Phi) is 5.76. The topological polar surface area (TPSA) is 68.7 Å². The molecule has 4 rings (SSSR count). The van der Waals surface area contributed by atoms with Gasteiger partial charge in [-0.25, -0.2) is 4.98 Å². The molecule has 7 nitrogen and oxygen atoms in total. The van der Waals surface area contributed by atoms with Crippen molar-refractivity contribution in [2.45, 2.75) is 0 Å². The fourth-order valence-corrected chi connectivity index (χ4v) is 3.23. The predicted molar refractivity (Wildman–Crippen MR) is 113 cm³/mol. The second-order valence-corrected chi connectivity index (χ2v) is 6.59. The van der Waals surface area contributed by atoms with Crippen molar-refractivity contribution in [3.63, 3.8) is 0 Å². The summed E-state index contributed by atoms with van der Waals surface area (Å²) in [5.74, 6) is 2.78. The molecule has 2 aromatic carbocycles. The summed E-state index contributed by atoms with van der Waals surface area (Å²) in [6.45, 7) is 2.98. The van der Waals surface area contributed by atoms with Crippen molar-refractivity contribution in [1.29, 1.82) is 0 Å². The van der Waals surface area contributed by atoms with E-state index in [1.165, 1.54) is 0 Å². The van der Waals surface area contributed by atoms with Gasteiger partial charge in [0.2, 0.25) is 5.95 Å². The number of benzene rings is 2. The van der Waals surface area contributed by atoms with E-state index in [1.54, 1.807) is 14.2 Å². The molecule has 150 valence electrons. The summed E-state index contributed by atoms with van der Waals surface area (Å²) in [5, 5.41) is 3.30. The summed E-state index contributed by atoms with van der Waals surface area (Å²) < 4.78 is 16.3. The van der Waals surface area contributed by atoms with Crippen LogP contribution in [-0.2, 0) is 4.74 Å². The first kappa shape index (κ1) is 19.0. The highest BCUT2D eigenvalue weighted by molar-refractivity contribution is 5.69. The summed E-state index contributed by atoms with van der Waals surface area (Å²) in [6, 6.07) is 17.7. The van der Waals surface area contributed by atoms with Gasteiger partial charge in [-0.2, -0.15) is 4.98 Å². The van der Waals surface area contributed by atoms with Gasteiger partial charge in [0.1, 0.15) is 17.3 Å². The number of morpholine rings is 1. The third kappa shape index (κ3) is 4.41. The molecule has 0 radical (unpaired) electrons. The Hall–Kier alpha value is -3.32. The van der Waals surface area contributed by atoms with Crippen LogP contribution in [0.15, 0.2) is 54.6 Å². The number of nitrogens with one attached hydrogen (secondary N) is 1. The molecule has 3 aromatic rings. The first-order chi connectivity index (χ1) is 14.3. The van der Waals surface area contributed by atoms with E-state index in [0.29, 0.717) is 24.9 Å². The predicted octanol–water partition coefficient (Wildman–Crippen LogP) is 3.74. The van der Waals surface area contributed by atoms with Gasteiger partial charge in [-0.1, -0.05) is 30.3 Å². The molecule has 1 N–H and O–H groups in total. The summed E-state index contributed by atoms with van der Waals surface area (Å²) >= 11 is 0. The Bertz CT molecular complexity index is 960. The van der Waals surface area contributed by atoms with Gasteiger partial charge >= 0.3 is 0 Å². The first-order valence-electron chi connectivity index (χ1n) is 9.53. The number of rotatable bonds is 6. The normalized spacial score (nSPS) is 13.8. The maximum absolute atomic E-state index is 5.49. The number of hydrogen-bond donors (Lipinski definition) is 1. The standard InChI is InChI=1S/C22H24N4O3/c1-27-17-8-9-20(28-2)19(14-17)24-22-23-18(16-6-4-3-5-7-16)15-21(25-22)26-10-12-29-13-11-26/h3-9,14-15H,10-13H2,1-2H3,(H,23,24,25). The monoisotopic (exact) mass is 392 g/mol. The number of anilines is 3. The van der Waals surface area contributed by atoms with Crippen molar-refractivity contribution in [2.75, 3.05) is 50.7 Å². The van der Waals surface area contributed by atoms with E-state index in [-0.39, 0.29) is 0 Å². The molecule has 1 fully saturated rings. The zero-order valence-electron chi connectivity index (χ0n) is 16.6. The Morgan fingerprint density at radius 1 is 0.931 bits per heavy atom. The van der Waals surface area contributed by atoms with Crippen molar-refractivity contribution in [3.05, 3.63) is 54.6 Å². The van der Waals surface area contributed by atoms with Crippen LogP contribution in [0.2, 0.25) is 0 Å². The molecule has 1 aliphatic rings. The highest BCUT2D eigenvalue weighted by atomic mass is 16.5. The lowest BCUT2D eigenvalue weighted by molar-refractivity contribution is 0.122. The minimum Gasteiger partial charge on any atom is -0.497 e. The fraction of sp³-hybridized carbons (Fsp3) is 0.273. The van der Waals surface area contributed by atoms with Gasteiger partial charge in [0.05, 0.1) is 38.8 Å². The van der Waals surface area contributed by atoms with Crippen LogP contribution in [0, 0.1) is 0 Å². The van der Waals surface area contributed by atoms with Gasteiger partial charge in [-0.15, -0.1) is 0 Å². The molecule has 0 spiro atoms. The van der Waals surface area contributed by atoms with Crippen LogP contribution in [0.1, 0.15) is 0 Å². The lowest BCUT2D eigenvalue weighted by Gasteiger charge is -2.28. The highest BCUT2D eigenvalue weighted by Crippen LogP contribution is 2.32. The van der Waals surface area contributed by atoms with Crippen LogP contribution >= 0.6 is 0 Å². The van der Waals surface area contributed by atoms with Gasteiger partial charge in [-0.3, -0.25) is 0 Å². The van der Waals surface area contributed by atoms with Crippen LogP contribution in [0.4, 0.5) is 17.5 Å². The van der Waals surface area contributed by atoms with Crippen molar-refractivity contribution in [1.82, 2.24) is 9.97 Å². The molecule has 2 heterocycles. The third-order valence-corrected chi connectivity index (χ3v) is 4.77. The maximum atomic E-state index is 5.49. The molecule has 0 saturated carbocycles. The van der Waals surface area contributed by atoms with E-state index >= 15 is 0 Å². The third-order valence-electron chi connectivity index (χ3n) is 4.77. The summed E-state index contributed by atoms with van der Waals surface area (Å²) in [6.07, 6.45) is 0. The van der Waals surface area contributed by atoms with Crippen LogP contribution in [-0.4, -0.2) is 50.5 Å². The molecule has 7 heteroatoms. The largest absolute Gasteiger partial charge is 0.497 e. The Morgan fingerprint density at radius 3 is 2.45 bits per heavy atom. The zero-order chi connectivity index (χ0) is 20.1. The van der Waals surface area contributed by atoms with Crippen LogP contribution in [0.25, 0.3) is 11.3 Å². The lowest BCUT2D eigenvalue weighted by atomic mass is 10.1. The Morgan fingerprint density at radius 2 is 1.72 bits per heavy atom. The molecule has 0 bridgehead atoms. The van der Waals surface area contributed by atoms with Gasteiger partial charge in [0.15, 0.2) is 0 Å².